The van der Waals surface area contributed by atoms with Crippen molar-refractivity contribution >= 4 is 32.6 Å². The number of benzene rings is 1. The molecule has 4 rings (SSSR count). The highest BCUT2D eigenvalue weighted by atomic mass is 32.1. The molecule has 0 atom stereocenters. The van der Waals surface area contributed by atoms with Crippen LogP contribution in [0.2, 0.25) is 0 Å². The summed E-state index contributed by atoms with van der Waals surface area (Å²) in [6.07, 6.45) is 3.77. The van der Waals surface area contributed by atoms with Crippen molar-refractivity contribution < 1.29 is 9.32 Å². The Morgan fingerprint density at radius 3 is 2.70 bits per heavy atom. The van der Waals surface area contributed by atoms with Gasteiger partial charge in [-0.3, -0.25) is 4.79 Å². The van der Waals surface area contributed by atoms with Crippen LogP contribution in [-0.4, -0.2) is 22.1 Å². The van der Waals surface area contributed by atoms with E-state index in [4.69, 9.17) is 4.52 Å². The molecule has 1 aliphatic rings. The lowest BCUT2D eigenvalue weighted by atomic mass is 9.85. The highest BCUT2D eigenvalue weighted by Crippen LogP contribution is 2.30. The van der Waals surface area contributed by atoms with Crippen LogP contribution in [0.5, 0.6) is 0 Å². The Morgan fingerprint density at radius 1 is 1.22 bits per heavy atom. The van der Waals surface area contributed by atoms with Crippen molar-refractivity contribution in [3.63, 3.8) is 0 Å². The third-order valence-electron chi connectivity index (χ3n) is 5.34. The Bertz CT molecular complexity index is 888. The number of carbonyl (C=O) groups is 1. The molecule has 3 aromatic rings. The maximum absolute atomic E-state index is 12.5. The minimum Gasteiger partial charge on any atom is -0.361 e. The SMILES string of the molecule is Cc1noc(C)c1CNC(=O)C1CCC(Nc2nc3ccccc3s2)CC1. The Balaban J connectivity index is 1.27. The second kappa shape index (κ2) is 7.68. The van der Waals surface area contributed by atoms with Gasteiger partial charge in [-0.15, -0.1) is 0 Å². The molecule has 7 heteroatoms. The molecule has 27 heavy (non-hydrogen) atoms. The molecule has 1 amide bonds. The van der Waals surface area contributed by atoms with Crippen LogP contribution in [0.25, 0.3) is 10.2 Å². The first-order valence-corrected chi connectivity index (χ1v) is 10.2. The smallest absolute Gasteiger partial charge is 0.223 e. The summed E-state index contributed by atoms with van der Waals surface area (Å²) in [7, 11) is 0. The number of aryl methyl sites for hydroxylation is 2. The van der Waals surface area contributed by atoms with Gasteiger partial charge in [-0.1, -0.05) is 28.6 Å². The molecule has 1 aromatic carbocycles. The van der Waals surface area contributed by atoms with Gasteiger partial charge in [0.1, 0.15) is 5.76 Å². The normalized spacial score (nSPS) is 19.9. The number of nitrogens with zero attached hydrogens (tertiary/aromatic N) is 2. The van der Waals surface area contributed by atoms with Crippen LogP contribution in [0.3, 0.4) is 0 Å². The van der Waals surface area contributed by atoms with Crippen molar-refractivity contribution in [2.75, 3.05) is 5.32 Å². The van der Waals surface area contributed by atoms with Gasteiger partial charge in [0.05, 0.1) is 15.9 Å². The molecule has 0 saturated heterocycles. The van der Waals surface area contributed by atoms with E-state index in [1.807, 2.05) is 32.0 Å². The standard InChI is InChI=1S/C20H24N4O2S/c1-12-16(13(2)26-24-12)11-21-19(25)14-7-9-15(10-8-14)22-20-23-17-5-3-4-6-18(17)27-20/h3-6,14-15H,7-11H2,1-2H3,(H,21,25)(H,22,23). The molecule has 1 saturated carbocycles. The summed E-state index contributed by atoms with van der Waals surface area (Å²) in [5.74, 6) is 0.990. The van der Waals surface area contributed by atoms with Gasteiger partial charge in [0.15, 0.2) is 5.13 Å². The topological polar surface area (TPSA) is 80.0 Å². The van der Waals surface area contributed by atoms with Crippen molar-refractivity contribution in [1.29, 1.82) is 0 Å². The first kappa shape index (κ1) is 18.0. The van der Waals surface area contributed by atoms with Crippen LogP contribution in [0, 0.1) is 19.8 Å². The van der Waals surface area contributed by atoms with Gasteiger partial charge in [-0.2, -0.15) is 0 Å². The largest absolute Gasteiger partial charge is 0.361 e. The van der Waals surface area contributed by atoms with E-state index in [2.05, 4.69) is 26.8 Å². The molecular weight excluding hydrogens is 360 g/mol. The van der Waals surface area contributed by atoms with Gasteiger partial charge in [-0.05, 0) is 51.7 Å². The average molecular weight is 385 g/mol. The number of nitrogens with one attached hydrogen (secondary N) is 2. The molecule has 0 bridgehead atoms. The predicted molar refractivity (Wildman–Crippen MR) is 107 cm³/mol. The molecule has 0 radical (unpaired) electrons. The highest BCUT2D eigenvalue weighted by Gasteiger charge is 2.27. The van der Waals surface area contributed by atoms with Gasteiger partial charge in [-0.25, -0.2) is 4.98 Å². The lowest BCUT2D eigenvalue weighted by Gasteiger charge is -2.28. The molecule has 2 heterocycles. The molecule has 2 aromatic heterocycles. The quantitative estimate of drug-likeness (QED) is 0.689. The van der Waals surface area contributed by atoms with Crippen molar-refractivity contribution in [2.45, 2.75) is 52.1 Å². The molecule has 0 aliphatic heterocycles. The van der Waals surface area contributed by atoms with Crippen LogP contribution in [0.4, 0.5) is 5.13 Å². The minimum atomic E-state index is 0.0823. The number of carbonyl (C=O) groups excluding carboxylic acids is 1. The van der Waals surface area contributed by atoms with Gasteiger partial charge in [0.2, 0.25) is 5.91 Å². The Kier molecular flexibility index (Phi) is 5.11. The fraction of sp³-hybridized carbons (Fsp3) is 0.450. The fourth-order valence-corrected chi connectivity index (χ4v) is 4.63. The van der Waals surface area contributed by atoms with E-state index in [1.54, 1.807) is 11.3 Å². The van der Waals surface area contributed by atoms with E-state index in [1.165, 1.54) is 4.70 Å². The first-order chi connectivity index (χ1) is 13.1. The zero-order valence-corrected chi connectivity index (χ0v) is 16.4. The number of fused-ring (bicyclic) bond motifs is 1. The van der Waals surface area contributed by atoms with Gasteiger partial charge in [0, 0.05) is 24.1 Å². The summed E-state index contributed by atoms with van der Waals surface area (Å²) in [6, 6.07) is 8.57. The summed E-state index contributed by atoms with van der Waals surface area (Å²) in [5, 5.41) is 11.5. The summed E-state index contributed by atoms with van der Waals surface area (Å²) >= 11 is 1.69. The molecule has 6 nitrogen and oxygen atoms in total. The number of hydrogen-bond acceptors (Lipinski definition) is 6. The van der Waals surface area contributed by atoms with E-state index >= 15 is 0 Å². The highest BCUT2D eigenvalue weighted by molar-refractivity contribution is 7.22. The summed E-state index contributed by atoms with van der Waals surface area (Å²) in [4.78, 5) is 17.2. The number of hydrogen-bond donors (Lipinski definition) is 2. The molecule has 0 unspecified atom stereocenters. The van der Waals surface area contributed by atoms with E-state index in [9.17, 15) is 4.79 Å². The van der Waals surface area contributed by atoms with Crippen LogP contribution < -0.4 is 10.6 Å². The number of anilines is 1. The molecule has 2 N–H and O–H groups in total. The zero-order valence-electron chi connectivity index (χ0n) is 15.6. The third-order valence-corrected chi connectivity index (χ3v) is 6.31. The second-order valence-corrected chi connectivity index (χ2v) is 8.23. The maximum Gasteiger partial charge on any atom is 0.223 e. The van der Waals surface area contributed by atoms with Crippen molar-refractivity contribution in [1.82, 2.24) is 15.5 Å². The molecule has 142 valence electrons. The third kappa shape index (κ3) is 3.98. The van der Waals surface area contributed by atoms with E-state index < -0.39 is 0 Å². The molecule has 1 fully saturated rings. The van der Waals surface area contributed by atoms with Crippen molar-refractivity contribution in [2.24, 2.45) is 5.92 Å². The van der Waals surface area contributed by atoms with Crippen LogP contribution in [0.15, 0.2) is 28.8 Å². The van der Waals surface area contributed by atoms with Gasteiger partial charge in [0.25, 0.3) is 0 Å². The van der Waals surface area contributed by atoms with Gasteiger partial charge >= 0.3 is 0 Å². The minimum absolute atomic E-state index is 0.0823. The summed E-state index contributed by atoms with van der Waals surface area (Å²) in [6.45, 7) is 4.27. The number of amides is 1. The lowest BCUT2D eigenvalue weighted by Crippen LogP contribution is -2.35. The molecule has 0 spiro atoms. The van der Waals surface area contributed by atoms with E-state index in [-0.39, 0.29) is 11.8 Å². The number of aromatic nitrogens is 2. The zero-order chi connectivity index (χ0) is 18.8. The summed E-state index contributed by atoms with van der Waals surface area (Å²) in [5.41, 5.74) is 2.86. The Labute approximate surface area is 162 Å². The Morgan fingerprint density at radius 2 is 2.00 bits per heavy atom. The van der Waals surface area contributed by atoms with E-state index in [0.717, 1.165) is 53.3 Å². The second-order valence-electron chi connectivity index (χ2n) is 7.20. The molecular formula is C20H24N4O2S. The maximum atomic E-state index is 12.5. The van der Waals surface area contributed by atoms with Crippen LogP contribution >= 0.6 is 11.3 Å². The van der Waals surface area contributed by atoms with Crippen molar-refractivity contribution in [3.8, 4) is 0 Å². The lowest BCUT2D eigenvalue weighted by molar-refractivity contribution is -0.126. The Hall–Kier alpha value is -2.41. The molecule has 1 aliphatic carbocycles. The van der Waals surface area contributed by atoms with Crippen molar-refractivity contribution in [3.05, 3.63) is 41.3 Å². The van der Waals surface area contributed by atoms with Crippen LogP contribution in [0.1, 0.15) is 42.7 Å². The predicted octanol–water partition coefficient (Wildman–Crippen LogP) is 4.19. The van der Waals surface area contributed by atoms with Gasteiger partial charge < -0.3 is 15.2 Å². The van der Waals surface area contributed by atoms with E-state index in [0.29, 0.717) is 12.6 Å². The fourth-order valence-electron chi connectivity index (χ4n) is 3.68. The average Bonchev–Trinajstić information content (AvgIpc) is 3.23. The first-order valence-electron chi connectivity index (χ1n) is 9.41. The van der Waals surface area contributed by atoms with Crippen LogP contribution in [-0.2, 0) is 11.3 Å². The monoisotopic (exact) mass is 384 g/mol. The number of thiazole rings is 1. The number of rotatable bonds is 5. The number of para-hydroxylation sites is 1. The summed E-state index contributed by atoms with van der Waals surface area (Å²) < 4.78 is 6.35.